The lowest BCUT2D eigenvalue weighted by molar-refractivity contribution is -0.335. The normalized spacial score (nSPS) is 14.4. The van der Waals surface area contributed by atoms with Crippen molar-refractivity contribution < 1.29 is 14.6 Å². The van der Waals surface area contributed by atoms with Crippen LogP contribution in [-0.2, 0) is 20.2 Å². The number of carbonyl (C=O) groups excluding carboxylic acids is 1. The van der Waals surface area contributed by atoms with E-state index in [1.807, 2.05) is 58.0 Å². The van der Waals surface area contributed by atoms with Crippen LogP contribution in [-0.4, -0.2) is 5.97 Å². The zero-order chi connectivity index (χ0) is 16.6. The Balaban J connectivity index is 2.63. The summed E-state index contributed by atoms with van der Waals surface area (Å²) in [5.74, 6) is -0.268. The second kappa shape index (κ2) is 8.33. The first kappa shape index (κ1) is 18.7. The van der Waals surface area contributed by atoms with E-state index in [-0.39, 0.29) is 5.97 Å². The fourth-order valence-electron chi connectivity index (χ4n) is 2.32. The number of hydrogen-bond donors (Lipinski definition) is 0. The van der Waals surface area contributed by atoms with E-state index in [9.17, 15) is 4.79 Å². The van der Waals surface area contributed by atoms with Gasteiger partial charge in [0.05, 0.1) is 5.41 Å². The van der Waals surface area contributed by atoms with Crippen molar-refractivity contribution in [1.82, 2.24) is 0 Å². The quantitative estimate of drug-likeness (QED) is 0.348. The fourth-order valence-corrected chi connectivity index (χ4v) is 2.32. The van der Waals surface area contributed by atoms with Crippen LogP contribution in [0.3, 0.4) is 0 Å². The molecule has 1 atom stereocenters. The first-order valence-electron chi connectivity index (χ1n) is 8.31. The molecular formula is C19H30O3. The fraction of sp³-hybridized carbons (Fsp3) is 0.632. The summed E-state index contributed by atoms with van der Waals surface area (Å²) in [6.07, 6.45) is 4.92. The molecule has 1 unspecified atom stereocenters. The molecule has 22 heavy (non-hydrogen) atoms. The molecule has 0 saturated carbocycles. The van der Waals surface area contributed by atoms with Crippen LogP contribution >= 0.6 is 0 Å². The van der Waals surface area contributed by atoms with Gasteiger partial charge in [-0.05, 0) is 39.2 Å². The minimum absolute atomic E-state index is 0.268. The van der Waals surface area contributed by atoms with Crippen LogP contribution in [0.4, 0.5) is 0 Å². The van der Waals surface area contributed by atoms with Crippen molar-refractivity contribution in [2.45, 2.75) is 72.3 Å². The van der Waals surface area contributed by atoms with Gasteiger partial charge in [-0.1, -0.05) is 63.4 Å². The molecule has 0 spiro atoms. The number of hydrogen-bond acceptors (Lipinski definition) is 3. The van der Waals surface area contributed by atoms with Crippen molar-refractivity contribution in [3.8, 4) is 0 Å². The van der Waals surface area contributed by atoms with E-state index in [2.05, 4.69) is 6.92 Å². The maximum absolute atomic E-state index is 12.4. The lowest BCUT2D eigenvalue weighted by Crippen LogP contribution is -2.32. The number of carbonyl (C=O) groups is 1. The predicted octanol–water partition coefficient (Wildman–Crippen LogP) is 5.39. The molecule has 1 aromatic rings. The second-order valence-electron chi connectivity index (χ2n) is 6.70. The Morgan fingerprint density at radius 2 is 1.68 bits per heavy atom. The molecule has 0 bridgehead atoms. The summed E-state index contributed by atoms with van der Waals surface area (Å²) in [6, 6.07) is 9.78. The molecule has 1 aromatic carbocycles. The van der Waals surface area contributed by atoms with E-state index < -0.39 is 11.0 Å². The second-order valence-corrected chi connectivity index (χ2v) is 6.70. The summed E-state index contributed by atoms with van der Waals surface area (Å²) >= 11 is 0. The molecule has 3 nitrogen and oxygen atoms in total. The van der Waals surface area contributed by atoms with Crippen molar-refractivity contribution in [3.63, 3.8) is 0 Å². The molecule has 3 heteroatoms. The molecule has 0 aliphatic heterocycles. The molecule has 0 aromatic heterocycles. The minimum atomic E-state index is -0.658. The highest BCUT2D eigenvalue weighted by molar-refractivity contribution is 5.75. The van der Waals surface area contributed by atoms with Gasteiger partial charge in [0, 0.05) is 0 Å². The smallest absolute Gasteiger partial charge is 0.297 e. The summed E-state index contributed by atoms with van der Waals surface area (Å²) in [7, 11) is 0. The van der Waals surface area contributed by atoms with Crippen molar-refractivity contribution >= 4 is 5.97 Å². The molecule has 0 aliphatic rings. The van der Waals surface area contributed by atoms with Crippen LogP contribution in [0.2, 0.25) is 0 Å². The molecule has 1 rings (SSSR count). The predicted molar refractivity (Wildman–Crippen MR) is 89.2 cm³/mol. The zero-order valence-corrected chi connectivity index (χ0v) is 14.6. The Bertz CT molecular complexity index is 453. The van der Waals surface area contributed by atoms with Crippen LogP contribution in [0, 0.1) is 5.41 Å². The maximum Gasteiger partial charge on any atom is 0.348 e. The van der Waals surface area contributed by atoms with Crippen LogP contribution in [0.5, 0.6) is 0 Å². The van der Waals surface area contributed by atoms with Gasteiger partial charge in [0.15, 0.2) is 0 Å². The van der Waals surface area contributed by atoms with E-state index in [1.54, 1.807) is 0 Å². The lowest BCUT2D eigenvalue weighted by atomic mass is 9.82. The Labute approximate surface area is 134 Å². The third-order valence-electron chi connectivity index (χ3n) is 4.40. The van der Waals surface area contributed by atoms with E-state index in [1.165, 1.54) is 0 Å². The van der Waals surface area contributed by atoms with Gasteiger partial charge in [0.25, 0.3) is 0 Å². The first-order chi connectivity index (χ1) is 10.4. The Kier molecular flexibility index (Phi) is 7.08. The molecule has 0 heterocycles. The highest BCUT2D eigenvalue weighted by atomic mass is 17.2. The van der Waals surface area contributed by atoms with Gasteiger partial charge >= 0.3 is 5.97 Å². The largest absolute Gasteiger partial charge is 0.348 e. The maximum atomic E-state index is 12.4. The summed E-state index contributed by atoms with van der Waals surface area (Å²) < 4.78 is 0. The SMILES string of the molecule is CCCCCC(C)(CC)C(=O)OOC(C)(C)c1ccccc1. The lowest BCUT2D eigenvalue weighted by Gasteiger charge is -2.28. The van der Waals surface area contributed by atoms with Crippen LogP contribution in [0.25, 0.3) is 0 Å². The molecule has 0 aliphatic carbocycles. The highest BCUT2D eigenvalue weighted by Crippen LogP contribution is 2.32. The summed E-state index contributed by atoms with van der Waals surface area (Å²) in [6.45, 7) is 9.94. The molecule has 0 N–H and O–H groups in total. The van der Waals surface area contributed by atoms with E-state index in [0.717, 1.165) is 37.7 Å². The molecule has 0 amide bonds. The topological polar surface area (TPSA) is 35.5 Å². The molecular weight excluding hydrogens is 276 g/mol. The summed E-state index contributed by atoms with van der Waals surface area (Å²) in [5, 5.41) is 0. The van der Waals surface area contributed by atoms with E-state index >= 15 is 0 Å². The van der Waals surface area contributed by atoms with Crippen molar-refractivity contribution in [3.05, 3.63) is 35.9 Å². The van der Waals surface area contributed by atoms with Gasteiger partial charge in [0.2, 0.25) is 0 Å². The minimum Gasteiger partial charge on any atom is -0.297 e. The highest BCUT2D eigenvalue weighted by Gasteiger charge is 2.35. The van der Waals surface area contributed by atoms with Crippen LogP contribution < -0.4 is 0 Å². The van der Waals surface area contributed by atoms with Crippen LogP contribution in [0.15, 0.2) is 30.3 Å². The van der Waals surface area contributed by atoms with Gasteiger partial charge in [0.1, 0.15) is 5.60 Å². The van der Waals surface area contributed by atoms with Gasteiger partial charge in [-0.2, -0.15) is 4.89 Å². The summed E-state index contributed by atoms with van der Waals surface area (Å²) in [5.41, 5.74) is -0.149. The van der Waals surface area contributed by atoms with Gasteiger partial charge in [-0.25, -0.2) is 4.79 Å². The van der Waals surface area contributed by atoms with Crippen LogP contribution in [0.1, 0.15) is 72.3 Å². The standard InChI is InChI=1S/C19H30O3/c1-6-8-12-15-19(5,7-2)17(20)21-22-18(3,4)16-13-10-9-11-14-16/h9-11,13-14H,6-8,12,15H2,1-5H3. The Morgan fingerprint density at radius 1 is 1.05 bits per heavy atom. The number of unbranched alkanes of at least 4 members (excludes halogenated alkanes) is 2. The molecule has 0 fully saturated rings. The molecule has 0 radical (unpaired) electrons. The molecule has 0 saturated heterocycles. The van der Waals surface area contributed by atoms with Crippen molar-refractivity contribution in [2.75, 3.05) is 0 Å². The number of benzene rings is 1. The molecule has 124 valence electrons. The van der Waals surface area contributed by atoms with E-state index in [4.69, 9.17) is 9.78 Å². The third kappa shape index (κ3) is 5.13. The van der Waals surface area contributed by atoms with Gasteiger partial charge < -0.3 is 0 Å². The first-order valence-corrected chi connectivity index (χ1v) is 8.31. The van der Waals surface area contributed by atoms with Gasteiger partial charge in [-0.15, -0.1) is 0 Å². The zero-order valence-electron chi connectivity index (χ0n) is 14.6. The monoisotopic (exact) mass is 306 g/mol. The Hall–Kier alpha value is -1.35. The van der Waals surface area contributed by atoms with Gasteiger partial charge in [-0.3, -0.25) is 4.89 Å². The van der Waals surface area contributed by atoms with E-state index in [0.29, 0.717) is 0 Å². The van der Waals surface area contributed by atoms with Crippen molar-refractivity contribution in [2.24, 2.45) is 5.41 Å². The third-order valence-corrected chi connectivity index (χ3v) is 4.40. The number of rotatable bonds is 9. The average Bonchev–Trinajstić information content (AvgIpc) is 2.53. The summed E-state index contributed by atoms with van der Waals surface area (Å²) in [4.78, 5) is 23.1. The van der Waals surface area contributed by atoms with Crippen molar-refractivity contribution in [1.29, 1.82) is 0 Å². The average molecular weight is 306 g/mol. The Morgan fingerprint density at radius 3 is 2.23 bits per heavy atom.